The fourth-order valence-corrected chi connectivity index (χ4v) is 4.12. The molecule has 3 atom stereocenters. The van der Waals surface area contributed by atoms with E-state index in [0.29, 0.717) is 5.92 Å². The van der Waals surface area contributed by atoms with Crippen LogP contribution < -0.4 is 5.32 Å². The largest absolute Gasteiger partial charge is 0.319 e. The zero-order chi connectivity index (χ0) is 17.1. The SMILES string of the molecule is C[C@H](C(=O)Nc1ccccc1[N+](=O)[O-])N1CC[C@@H]2CCCC[C@@H]2C1. The van der Waals surface area contributed by atoms with Crippen LogP contribution in [-0.2, 0) is 4.79 Å². The maximum Gasteiger partial charge on any atom is 0.292 e. The molecule has 1 saturated carbocycles. The van der Waals surface area contributed by atoms with Gasteiger partial charge < -0.3 is 5.32 Å². The average molecular weight is 331 g/mol. The predicted molar refractivity (Wildman–Crippen MR) is 92.8 cm³/mol. The van der Waals surface area contributed by atoms with Crippen molar-refractivity contribution in [3.63, 3.8) is 0 Å². The number of nitro benzene ring substituents is 1. The number of benzene rings is 1. The van der Waals surface area contributed by atoms with Crippen molar-refractivity contribution in [2.75, 3.05) is 18.4 Å². The minimum absolute atomic E-state index is 0.0657. The first kappa shape index (κ1) is 16.9. The first-order chi connectivity index (χ1) is 11.6. The van der Waals surface area contributed by atoms with Gasteiger partial charge in [-0.3, -0.25) is 19.8 Å². The quantitative estimate of drug-likeness (QED) is 0.677. The van der Waals surface area contributed by atoms with Gasteiger partial charge in [0.15, 0.2) is 0 Å². The molecule has 0 spiro atoms. The lowest BCUT2D eigenvalue weighted by atomic mass is 9.75. The van der Waals surface area contributed by atoms with Crippen molar-refractivity contribution in [2.24, 2.45) is 11.8 Å². The highest BCUT2D eigenvalue weighted by atomic mass is 16.6. The minimum atomic E-state index is -0.464. The van der Waals surface area contributed by atoms with Crippen LogP contribution in [0.4, 0.5) is 11.4 Å². The Morgan fingerprint density at radius 1 is 1.25 bits per heavy atom. The number of para-hydroxylation sites is 2. The van der Waals surface area contributed by atoms with Crippen LogP contribution >= 0.6 is 0 Å². The lowest BCUT2D eigenvalue weighted by Gasteiger charge is -2.43. The first-order valence-corrected chi connectivity index (χ1v) is 8.84. The van der Waals surface area contributed by atoms with Crippen molar-refractivity contribution in [2.45, 2.75) is 45.1 Å². The maximum atomic E-state index is 12.6. The zero-order valence-electron chi connectivity index (χ0n) is 14.1. The molecule has 0 aromatic heterocycles. The molecule has 1 aliphatic carbocycles. The van der Waals surface area contributed by atoms with E-state index in [1.165, 1.54) is 31.7 Å². The summed E-state index contributed by atoms with van der Waals surface area (Å²) in [5.74, 6) is 1.35. The summed E-state index contributed by atoms with van der Waals surface area (Å²) in [4.78, 5) is 25.4. The van der Waals surface area contributed by atoms with Crippen LogP contribution in [0.25, 0.3) is 0 Å². The second-order valence-electron chi connectivity index (χ2n) is 7.03. The fraction of sp³-hybridized carbons (Fsp3) is 0.611. The van der Waals surface area contributed by atoms with Crippen molar-refractivity contribution in [1.82, 2.24) is 4.90 Å². The van der Waals surface area contributed by atoms with Crippen LogP contribution in [0.1, 0.15) is 39.0 Å². The number of anilines is 1. The van der Waals surface area contributed by atoms with Gasteiger partial charge in [0, 0.05) is 12.6 Å². The normalized spacial score (nSPS) is 25.5. The highest BCUT2D eigenvalue weighted by Crippen LogP contribution is 2.36. The molecule has 1 aliphatic heterocycles. The molecule has 130 valence electrons. The number of fused-ring (bicyclic) bond motifs is 1. The smallest absolute Gasteiger partial charge is 0.292 e. The third-order valence-corrected chi connectivity index (χ3v) is 5.61. The van der Waals surface area contributed by atoms with Gasteiger partial charge in [-0.05, 0) is 44.2 Å². The van der Waals surface area contributed by atoms with Crippen LogP contribution in [0.3, 0.4) is 0 Å². The van der Waals surface area contributed by atoms with Crippen LogP contribution in [0, 0.1) is 22.0 Å². The van der Waals surface area contributed by atoms with Crippen LogP contribution in [0.15, 0.2) is 24.3 Å². The van der Waals surface area contributed by atoms with Gasteiger partial charge in [0.05, 0.1) is 11.0 Å². The van der Waals surface area contributed by atoms with E-state index in [1.807, 2.05) is 6.92 Å². The Bertz CT molecular complexity index is 619. The molecule has 1 heterocycles. The van der Waals surface area contributed by atoms with Gasteiger partial charge in [-0.2, -0.15) is 0 Å². The number of piperidine rings is 1. The number of carbonyl (C=O) groups is 1. The highest BCUT2D eigenvalue weighted by molar-refractivity contribution is 5.96. The van der Waals surface area contributed by atoms with E-state index >= 15 is 0 Å². The molecule has 2 fully saturated rings. The fourth-order valence-electron chi connectivity index (χ4n) is 4.12. The van der Waals surface area contributed by atoms with Gasteiger partial charge in [0.2, 0.25) is 5.91 Å². The van der Waals surface area contributed by atoms with E-state index in [4.69, 9.17) is 0 Å². The number of nitro groups is 1. The Morgan fingerprint density at radius 2 is 1.96 bits per heavy atom. The summed E-state index contributed by atoms with van der Waals surface area (Å²) in [5.41, 5.74) is 0.205. The van der Waals surface area contributed by atoms with Crippen molar-refractivity contribution in [3.8, 4) is 0 Å². The number of hydrogen-bond donors (Lipinski definition) is 1. The van der Waals surface area contributed by atoms with Crippen molar-refractivity contribution >= 4 is 17.3 Å². The molecule has 6 nitrogen and oxygen atoms in total. The maximum absolute atomic E-state index is 12.6. The Balaban J connectivity index is 1.64. The summed E-state index contributed by atoms with van der Waals surface area (Å²) in [6.45, 7) is 3.80. The zero-order valence-corrected chi connectivity index (χ0v) is 14.1. The molecule has 0 bridgehead atoms. The van der Waals surface area contributed by atoms with E-state index in [2.05, 4.69) is 10.2 Å². The highest BCUT2D eigenvalue weighted by Gasteiger charge is 2.34. The third kappa shape index (κ3) is 3.59. The molecule has 2 aliphatic rings. The summed E-state index contributed by atoms with van der Waals surface area (Å²) in [5, 5.41) is 13.8. The van der Waals surface area contributed by atoms with Crippen LogP contribution in [0.5, 0.6) is 0 Å². The Kier molecular flexibility index (Phi) is 5.14. The van der Waals surface area contributed by atoms with Crippen molar-refractivity contribution < 1.29 is 9.72 Å². The van der Waals surface area contributed by atoms with Gasteiger partial charge in [0.1, 0.15) is 5.69 Å². The number of amides is 1. The molecule has 1 amide bonds. The predicted octanol–water partition coefficient (Wildman–Crippen LogP) is 3.43. The molecule has 0 radical (unpaired) electrons. The number of nitrogens with one attached hydrogen (secondary N) is 1. The van der Waals surface area contributed by atoms with Crippen LogP contribution in [0.2, 0.25) is 0 Å². The summed E-state index contributed by atoms with van der Waals surface area (Å²) in [6.07, 6.45) is 6.39. The monoisotopic (exact) mass is 331 g/mol. The van der Waals surface area contributed by atoms with Crippen LogP contribution in [-0.4, -0.2) is 34.9 Å². The van der Waals surface area contributed by atoms with Gasteiger partial charge in [-0.25, -0.2) is 0 Å². The first-order valence-electron chi connectivity index (χ1n) is 8.84. The Morgan fingerprint density at radius 3 is 2.71 bits per heavy atom. The number of carbonyl (C=O) groups excluding carboxylic acids is 1. The second-order valence-corrected chi connectivity index (χ2v) is 7.03. The molecule has 24 heavy (non-hydrogen) atoms. The minimum Gasteiger partial charge on any atom is -0.319 e. The molecule has 6 heteroatoms. The summed E-state index contributed by atoms with van der Waals surface area (Å²) < 4.78 is 0. The molecular formula is C18H25N3O3. The molecule has 1 aromatic rings. The van der Waals surface area contributed by atoms with Gasteiger partial charge in [0.25, 0.3) is 5.69 Å². The second kappa shape index (κ2) is 7.30. The molecule has 1 N–H and O–H groups in total. The molecular weight excluding hydrogens is 306 g/mol. The number of likely N-dealkylation sites (tertiary alicyclic amines) is 1. The van der Waals surface area contributed by atoms with Gasteiger partial charge in [-0.15, -0.1) is 0 Å². The average Bonchev–Trinajstić information content (AvgIpc) is 2.61. The number of hydrogen-bond acceptors (Lipinski definition) is 4. The molecule has 0 unspecified atom stereocenters. The Hall–Kier alpha value is -1.95. The summed E-state index contributed by atoms with van der Waals surface area (Å²) in [7, 11) is 0. The number of rotatable bonds is 4. The third-order valence-electron chi connectivity index (χ3n) is 5.61. The molecule has 1 aromatic carbocycles. The molecule has 3 rings (SSSR count). The lowest BCUT2D eigenvalue weighted by molar-refractivity contribution is -0.383. The van der Waals surface area contributed by atoms with Crippen molar-refractivity contribution in [3.05, 3.63) is 34.4 Å². The van der Waals surface area contributed by atoms with E-state index in [9.17, 15) is 14.9 Å². The van der Waals surface area contributed by atoms with Gasteiger partial charge >= 0.3 is 0 Å². The topological polar surface area (TPSA) is 75.5 Å². The number of nitrogens with zero attached hydrogens (tertiary/aromatic N) is 2. The van der Waals surface area contributed by atoms with Gasteiger partial charge in [-0.1, -0.05) is 31.4 Å². The Labute approximate surface area is 142 Å². The summed E-state index contributed by atoms with van der Waals surface area (Å²) >= 11 is 0. The van der Waals surface area contributed by atoms with Crippen molar-refractivity contribution in [1.29, 1.82) is 0 Å². The van der Waals surface area contributed by atoms with E-state index < -0.39 is 4.92 Å². The van der Waals surface area contributed by atoms with E-state index in [0.717, 1.165) is 25.4 Å². The van der Waals surface area contributed by atoms with E-state index in [-0.39, 0.29) is 23.3 Å². The lowest BCUT2D eigenvalue weighted by Crippen LogP contribution is -2.49. The molecule has 1 saturated heterocycles. The summed E-state index contributed by atoms with van der Waals surface area (Å²) in [6, 6.07) is 6.02. The standard InChI is InChI=1S/C18H25N3O3/c1-13(20-11-10-14-6-2-3-7-15(14)12-20)18(22)19-16-8-4-5-9-17(16)21(23)24/h4-5,8-9,13-15H,2-3,6-7,10-12H2,1H3,(H,19,22)/t13-,14+,15-/m1/s1. The van der Waals surface area contributed by atoms with E-state index in [1.54, 1.807) is 18.2 Å².